The van der Waals surface area contributed by atoms with E-state index in [2.05, 4.69) is 10.6 Å². The van der Waals surface area contributed by atoms with Gasteiger partial charge in [0.1, 0.15) is 15.9 Å². The molecule has 0 aromatic carbocycles. The van der Waals surface area contributed by atoms with Gasteiger partial charge in [-0.25, -0.2) is 13.2 Å². The molecule has 0 aliphatic carbocycles. The molecule has 94 valence electrons. The first-order valence-electron chi connectivity index (χ1n) is 4.67. The Hall–Kier alpha value is -1.31. The molecule has 16 heavy (non-hydrogen) atoms. The molecule has 0 aliphatic rings. The van der Waals surface area contributed by atoms with Crippen molar-refractivity contribution in [3.63, 3.8) is 0 Å². The van der Waals surface area contributed by atoms with E-state index in [4.69, 9.17) is 5.11 Å². The lowest BCUT2D eigenvalue weighted by Gasteiger charge is -2.10. The van der Waals surface area contributed by atoms with Crippen LogP contribution in [0.15, 0.2) is 0 Å². The summed E-state index contributed by atoms with van der Waals surface area (Å²) in [6.45, 7) is 1.52. The van der Waals surface area contributed by atoms with Gasteiger partial charge < -0.3 is 15.7 Å². The van der Waals surface area contributed by atoms with E-state index >= 15 is 0 Å². The van der Waals surface area contributed by atoms with Crippen molar-refractivity contribution in [1.82, 2.24) is 10.6 Å². The molecule has 2 amide bonds. The number of sulfone groups is 1. The molecule has 8 heteroatoms. The highest BCUT2D eigenvalue weighted by Crippen LogP contribution is 1.87. The maximum atomic E-state index is 11.0. The number of carbonyl (C=O) groups is 2. The SMILES string of the molecule is CC(NC(=O)NCCCS(C)(=O)=O)C(=O)O. The normalized spacial score (nSPS) is 12.9. The van der Waals surface area contributed by atoms with E-state index in [0.29, 0.717) is 6.42 Å². The van der Waals surface area contributed by atoms with Crippen LogP contribution in [0.1, 0.15) is 13.3 Å². The van der Waals surface area contributed by atoms with Crippen molar-refractivity contribution >= 4 is 21.8 Å². The number of urea groups is 1. The first-order valence-corrected chi connectivity index (χ1v) is 6.73. The lowest BCUT2D eigenvalue weighted by Crippen LogP contribution is -2.44. The molecule has 0 heterocycles. The molecule has 0 saturated heterocycles. The van der Waals surface area contributed by atoms with Gasteiger partial charge in [-0.1, -0.05) is 0 Å². The third-order valence-electron chi connectivity index (χ3n) is 1.70. The molecule has 0 saturated carbocycles. The second-order valence-electron chi connectivity index (χ2n) is 3.44. The van der Waals surface area contributed by atoms with Crippen LogP contribution in [-0.4, -0.2) is 50.1 Å². The summed E-state index contributed by atoms with van der Waals surface area (Å²) in [5.74, 6) is -1.15. The quantitative estimate of drug-likeness (QED) is 0.535. The molecular weight excluding hydrogens is 236 g/mol. The summed E-state index contributed by atoms with van der Waals surface area (Å²) >= 11 is 0. The monoisotopic (exact) mass is 252 g/mol. The van der Waals surface area contributed by atoms with Gasteiger partial charge in [0.25, 0.3) is 0 Å². The van der Waals surface area contributed by atoms with Crippen LogP contribution < -0.4 is 10.6 Å². The van der Waals surface area contributed by atoms with Gasteiger partial charge in [0.15, 0.2) is 0 Å². The van der Waals surface area contributed by atoms with E-state index in [-0.39, 0.29) is 12.3 Å². The van der Waals surface area contributed by atoms with Crippen molar-refractivity contribution in [2.75, 3.05) is 18.6 Å². The summed E-state index contributed by atoms with van der Waals surface area (Å²) in [4.78, 5) is 21.4. The van der Waals surface area contributed by atoms with Crippen LogP contribution in [0, 0.1) is 0 Å². The fraction of sp³-hybridized carbons (Fsp3) is 0.750. The van der Waals surface area contributed by atoms with Crippen molar-refractivity contribution in [2.24, 2.45) is 0 Å². The number of nitrogens with one attached hydrogen (secondary N) is 2. The van der Waals surface area contributed by atoms with E-state index in [9.17, 15) is 18.0 Å². The second-order valence-corrected chi connectivity index (χ2v) is 5.70. The van der Waals surface area contributed by atoms with Crippen molar-refractivity contribution in [2.45, 2.75) is 19.4 Å². The first-order chi connectivity index (χ1) is 7.22. The van der Waals surface area contributed by atoms with Gasteiger partial charge in [-0.15, -0.1) is 0 Å². The number of rotatable bonds is 6. The van der Waals surface area contributed by atoms with E-state index in [1.807, 2.05) is 0 Å². The van der Waals surface area contributed by atoms with E-state index < -0.39 is 27.9 Å². The van der Waals surface area contributed by atoms with E-state index in [1.165, 1.54) is 6.92 Å². The topological polar surface area (TPSA) is 113 Å². The summed E-state index contributed by atoms with van der Waals surface area (Å²) in [5, 5.41) is 13.0. The van der Waals surface area contributed by atoms with Crippen LogP contribution in [0.4, 0.5) is 4.79 Å². The van der Waals surface area contributed by atoms with Gasteiger partial charge in [-0.05, 0) is 13.3 Å². The lowest BCUT2D eigenvalue weighted by molar-refractivity contribution is -0.138. The molecule has 0 aromatic heterocycles. The predicted octanol–water partition coefficient (Wildman–Crippen LogP) is -0.807. The molecule has 0 aromatic rings. The molecule has 0 spiro atoms. The van der Waals surface area contributed by atoms with E-state index in [1.54, 1.807) is 0 Å². The fourth-order valence-electron chi connectivity index (χ4n) is 0.846. The molecule has 0 aliphatic heterocycles. The van der Waals surface area contributed by atoms with Gasteiger partial charge in [0.2, 0.25) is 0 Å². The van der Waals surface area contributed by atoms with Crippen LogP contribution in [0.5, 0.6) is 0 Å². The van der Waals surface area contributed by atoms with Crippen LogP contribution in [0.3, 0.4) is 0 Å². The zero-order valence-electron chi connectivity index (χ0n) is 9.19. The minimum absolute atomic E-state index is 0.0121. The van der Waals surface area contributed by atoms with Crippen molar-refractivity contribution in [3.8, 4) is 0 Å². The number of hydrogen-bond acceptors (Lipinski definition) is 4. The molecule has 0 radical (unpaired) electrons. The molecular formula is C8H16N2O5S. The van der Waals surface area contributed by atoms with Crippen LogP contribution in [0.2, 0.25) is 0 Å². The molecule has 0 bridgehead atoms. The molecule has 1 atom stereocenters. The highest BCUT2D eigenvalue weighted by molar-refractivity contribution is 7.90. The molecule has 3 N–H and O–H groups in total. The summed E-state index contributed by atoms with van der Waals surface area (Å²) < 4.78 is 21.5. The molecule has 0 fully saturated rings. The summed E-state index contributed by atoms with van der Waals surface area (Å²) in [6, 6.07) is -1.60. The number of hydrogen-bond donors (Lipinski definition) is 3. The van der Waals surface area contributed by atoms with Crippen molar-refractivity contribution < 1.29 is 23.1 Å². The summed E-state index contributed by atoms with van der Waals surface area (Å²) in [6.07, 6.45) is 1.41. The van der Waals surface area contributed by atoms with Crippen molar-refractivity contribution in [1.29, 1.82) is 0 Å². The Morgan fingerprint density at radius 1 is 1.38 bits per heavy atom. The molecule has 0 rings (SSSR count). The Morgan fingerprint density at radius 2 is 1.94 bits per heavy atom. The minimum Gasteiger partial charge on any atom is -0.480 e. The number of carbonyl (C=O) groups excluding carboxylic acids is 1. The summed E-state index contributed by atoms with van der Waals surface area (Å²) in [7, 11) is -3.02. The Kier molecular flexibility index (Phi) is 5.79. The zero-order valence-corrected chi connectivity index (χ0v) is 10.0. The maximum Gasteiger partial charge on any atom is 0.325 e. The molecule has 7 nitrogen and oxygen atoms in total. The van der Waals surface area contributed by atoms with Gasteiger partial charge in [-0.2, -0.15) is 0 Å². The standard InChI is InChI=1S/C8H16N2O5S/c1-6(7(11)12)10-8(13)9-4-3-5-16(2,14)15/h6H,3-5H2,1-2H3,(H,11,12)(H2,9,10,13). The highest BCUT2D eigenvalue weighted by atomic mass is 32.2. The number of aliphatic carboxylic acids is 1. The van der Waals surface area contributed by atoms with Gasteiger partial charge in [-0.3, -0.25) is 4.79 Å². The van der Waals surface area contributed by atoms with Gasteiger partial charge >= 0.3 is 12.0 Å². The smallest absolute Gasteiger partial charge is 0.325 e. The first kappa shape index (κ1) is 14.7. The van der Waals surface area contributed by atoms with Crippen molar-refractivity contribution in [3.05, 3.63) is 0 Å². The van der Waals surface area contributed by atoms with Crippen LogP contribution >= 0.6 is 0 Å². The average Bonchev–Trinajstić information content (AvgIpc) is 2.10. The Balaban J connectivity index is 3.71. The zero-order chi connectivity index (χ0) is 12.8. The number of carboxylic acids is 1. The number of carboxylic acid groups (broad SMARTS) is 1. The van der Waals surface area contributed by atoms with Crippen LogP contribution in [0.25, 0.3) is 0 Å². The summed E-state index contributed by atoms with van der Waals surface area (Å²) in [5.41, 5.74) is 0. The predicted molar refractivity (Wildman–Crippen MR) is 58.0 cm³/mol. The minimum atomic E-state index is -3.02. The van der Waals surface area contributed by atoms with Gasteiger partial charge in [0.05, 0.1) is 5.75 Å². The third kappa shape index (κ3) is 8.04. The van der Waals surface area contributed by atoms with Gasteiger partial charge in [0, 0.05) is 12.8 Å². The Labute approximate surface area is 94.1 Å². The second kappa shape index (κ2) is 6.31. The maximum absolute atomic E-state index is 11.0. The Bertz CT molecular complexity index is 351. The van der Waals surface area contributed by atoms with E-state index in [0.717, 1.165) is 6.26 Å². The highest BCUT2D eigenvalue weighted by Gasteiger charge is 2.13. The third-order valence-corrected chi connectivity index (χ3v) is 2.73. The largest absolute Gasteiger partial charge is 0.480 e. The fourth-order valence-corrected chi connectivity index (χ4v) is 1.51. The Morgan fingerprint density at radius 3 is 2.38 bits per heavy atom. The van der Waals surface area contributed by atoms with Crippen LogP contribution in [-0.2, 0) is 14.6 Å². The lowest BCUT2D eigenvalue weighted by atomic mass is 10.3. The molecule has 1 unspecified atom stereocenters. The average molecular weight is 252 g/mol. The number of amides is 2.